The summed E-state index contributed by atoms with van der Waals surface area (Å²) < 4.78 is 0. The maximum atomic E-state index is 10.8. The van der Waals surface area contributed by atoms with Gasteiger partial charge in [0.05, 0.1) is 11.9 Å². The van der Waals surface area contributed by atoms with Crippen LogP contribution in [0.25, 0.3) is 0 Å². The van der Waals surface area contributed by atoms with E-state index in [0.29, 0.717) is 11.5 Å². The number of nitrogen functional groups attached to an aromatic ring is 1. The maximum absolute atomic E-state index is 10.8. The quantitative estimate of drug-likeness (QED) is 0.674. The number of aromatic nitrogens is 1. The Morgan fingerprint density at radius 3 is 2.79 bits per heavy atom. The standard InChI is InChI=1S/C9H13N3O2/c1-5(2)12-8-7(9(13)14)3-6(10)4-11-8/h3-5H,10H2,1-2H3,(H,11,12)(H,13,14). The van der Waals surface area contributed by atoms with E-state index < -0.39 is 5.97 Å². The van der Waals surface area contributed by atoms with E-state index in [9.17, 15) is 4.79 Å². The fourth-order valence-corrected chi connectivity index (χ4v) is 1.03. The Balaban J connectivity index is 3.08. The van der Waals surface area contributed by atoms with Crippen LogP contribution in [0.1, 0.15) is 24.2 Å². The van der Waals surface area contributed by atoms with Gasteiger partial charge in [0.2, 0.25) is 0 Å². The summed E-state index contributed by atoms with van der Waals surface area (Å²) in [6.07, 6.45) is 1.43. The Labute approximate surface area is 82.0 Å². The molecule has 5 nitrogen and oxygen atoms in total. The van der Waals surface area contributed by atoms with Crippen LogP contribution in [0, 0.1) is 0 Å². The molecule has 4 N–H and O–H groups in total. The first kappa shape index (κ1) is 10.3. The number of nitrogens with two attached hydrogens (primary N) is 1. The molecule has 0 aliphatic rings. The molecule has 0 aliphatic carbocycles. The van der Waals surface area contributed by atoms with Crippen LogP contribution in [-0.2, 0) is 0 Å². The molecular formula is C9H13N3O2. The smallest absolute Gasteiger partial charge is 0.339 e. The Bertz CT molecular complexity index is 350. The van der Waals surface area contributed by atoms with Gasteiger partial charge in [-0.15, -0.1) is 0 Å². The number of hydrogen-bond donors (Lipinski definition) is 3. The number of nitrogens with zero attached hydrogens (tertiary/aromatic N) is 1. The fraction of sp³-hybridized carbons (Fsp3) is 0.333. The predicted molar refractivity (Wildman–Crippen MR) is 54.4 cm³/mol. The topological polar surface area (TPSA) is 88.2 Å². The molecule has 1 aromatic heterocycles. The van der Waals surface area contributed by atoms with E-state index in [1.165, 1.54) is 12.3 Å². The summed E-state index contributed by atoms with van der Waals surface area (Å²) in [4.78, 5) is 14.7. The van der Waals surface area contributed by atoms with Crippen molar-refractivity contribution in [2.45, 2.75) is 19.9 Å². The molecule has 1 heterocycles. The molecule has 0 fully saturated rings. The molecule has 1 rings (SSSR count). The average molecular weight is 195 g/mol. The number of rotatable bonds is 3. The number of carboxylic acids is 1. The van der Waals surface area contributed by atoms with Crippen molar-refractivity contribution < 1.29 is 9.90 Å². The zero-order chi connectivity index (χ0) is 10.7. The lowest BCUT2D eigenvalue weighted by atomic mass is 10.2. The van der Waals surface area contributed by atoms with Gasteiger partial charge in [-0.25, -0.2) is 9.78 Å². The van der Waals surface area contributed by atoms with Crippen molar-refractivity contribution in [2.24, 2.45) is 0 Å². The molecule has 0 atom stereocenters. The largest absolute Gasteiger partial charge is 0.478 e. The summed E-state index contributed by atoms with van der Waals surface area (Å²) in [6.45, 7) is 3.81. The number of nitrogens with one attached hydrogen (secondary N) is 1. The van der Waals surface area contributed by atoms with E-state index in [1.54, 1.807) is 0 Å². The summed E-state index contributed by atoms with van der Waals surface area (Å²) in [5.74, 6) is -0.686. The van der Waals surface area contributed by atoms with Crippen molar-refractivity contribution in [3.63, 3.8) is 0 Å². The number of hydrogen-bond acceptors (Lipinski definition) is 4. The molecule has 0 saturated carbocycles. The van der Waals surface area contributed by atoms with Crippen LogP contribution in [0.5, 0.6) is 0 Å². The number of carbonyl (C=O) groups is 1. The highest BCUT2D eigenvalue weighted by molar-refractivity contribution is 5.94. The summed E-state index contributed by atoms with van der Waals surface area (Å²) in [5, 5.41) is 11.8. The van der Waals surface area contributed by atoms with E-state index in [1.807, 2.05) is 13.8 Å². The zero-order valence-corrected chi connectivity index (χ0v) is 8.11. The fourth-order valence-electron chi connectivity index (χ4n) is 1.03. The maximum Gasteiger partial charge on any atom is 0.339 e. The molecule has 0 saturated heterocycles. The normalized spacial score (nSPS) is 10.2. The van der Waals surface area contributed by atoms with Crippen LogP contribution in [0.2, 0.25) is 0 Å². The molecular weight excluding hydrogens is 182 g/mol. The van der Waals surface area contributed by atoms with Gasteiger partial charge in [0.15, 0.2) is 0 Å². The molecule has 14 heavy (non-hydrogen) atoms. The molecule has 0 amide bonds. The summed E-state index contributed by atoms with van der Waals surface area (Å²) in [5.41, 5.74) is 5.88. The molecule has 1 aromatic rings. The summed E-state index contributed by atoms with van der Waals surface area (Å²) in [7, 11) is 0. The van der Waals surface area contributed by atoms with Gasteiger partial charge in [-0.1, -0.05) is 0 Å². The van der Waals surface area contributed by atoms with Gasteiger partial charge < -0.3 is 16.2 Å². The number of carboxylic acid groups (broad SMARTS) is 1. The van der Waals surface area contributed by atoms with Crippen molar-refractivity contribution in [1.29, 1.82) is 0 Å². The van der Waals surface area contributed by atoms with Crippen LogP contribution in [0.15, 0.2) is 12.3 Å². The molecule has 5 heteroatoms. The third-order valence-corrected chi connectivity index (χ3v) is 1.56. The van der Waals surface area contributed by atoms with Crippen molar-refractivity contribution in [2.75, 3.05) is 11.1 Å². The first-order valence-corrected chi connectivity index (χ1v) is 4.26. The molecule has 0 bridgehead atoms. The number of anilines is 2. The average Bonchev–Trinajstić information content (AvgIpc) is 2.07. The third kappa shape index (κ3) is 2.35. The van der Waals surface area contributed by atoms with Gasteiger partial charge in [-0.2, -0.15) is 0 Å². The van der Waals surface area contributed by atoms with Crippen LogP contribution < -0.4 is 11.1 Å². The molecule has 0 spiro atoms. The van der Waals surface area contributed by atoms with Crippen molar-refractivity contribution >= 4 is 17.5 Å². The van der Waals surface area contributed by atoms with Gasteiger partial charge >= 0.3 is 5.97 Å². The molecule has 0 aliphatic heterocycles. The Morgan fingerprint density at radius 2 is 2.29 bits per heavy atom. The van der Waals surface area contributed by atoms with E-state index in [4.69, 9.17) is 10.8 Å². The highest BCUT2D eigenvalue weighted by Gasteiger charge is 2.12. The van der Waals surface area contributed by atoms with E-state index in [2.05, 4.69) is 10.3 Å². The van der Waals surface area contributed by atoms with Crippen LogP contribution >= 0.6 is 0 Å². The van der Waals surface area contributed by atoms with E-state index in [-0.39, 0.29) is 11.6 Å². The van der Waals surface area contributed by atoms with Crippen molar-refractivity contribution in [3.05, 3.63) is 17.8 Å². The SMILES string of the molecule is CC(C)Nc1ncc(N)cc1C(=O)O. The van der Waals surface area contributed by atoms with Gasteiger partial charge in [0.25, 0.3) is 0 Å². The number of pyridine rings is 1. The highest BCUT2D eigenvalue weighted by Crippen LogP contribution is 2.16. The second-order valence-electron chi connectivity index (χ2n) is 3.27. The van der Waals surface area contributed by atoms with Gasteiger partial charge in [0, 0.05) is 6.04 Å². The highest BCUT2D eigenvalue weighted by atomic mass is 16.4. The summed E-state index contributed by atoms with van der Waals surface area (Å²) in [6, 6.07) is 1.52. The van der Waals surface area contributed by atoms with E-state index >= 15 is 0 Å². The third-order valence-electron chi connectivity index (χ3n) is 1.56. The van der Waals surface area contributed by atoms with Gasteiger partial charge in [-0.05, 0) is 19.9 Å². The molecule has 0 radical (unpaired) electrons. The zero-order valence-electron chi connectivity index (χ0n) is 8.11. The van der Waals surface area contributed by atoms with Crippen molar-refractivity contribution in [1.82, 2.24) is 4.98 Å². The molecule has 0 aromatic carbocycles. The lowest BCUT2D eigenvalue weighted by Gasteiger charge is -2.11. The lowest BCUT2D eigenvalue weighted by molar-refractivity contribution is 0.0697. The molecule has 0 unspecified atom stereocenters. The Hall–Kier alpha value is -1.78. The molecule has 76 valence electrons. The minimum atomic E-state index is -1.03. The van der Waals surface area contributed by atoms with E-state index in [0.717, 1.165) is 0 Å². The monoisotopic (exact) mass is 195 g/mol. The lowest BCUT2D eigenvalue weighted by Crippen LogP contribution is -2.15. The Kier molecular flexibility index (Phi) is 2.91. The first-order valence-electron chi connectivity index (χ1n) is 4.26. The van der Waals surface area contributed by atoms with Gasteiger partial charge in [0.1, 0.15) is 11.4 Å². The second kappa shape index (κ2) is 3.95. The number of aromatic carboxylic acids is 1. The Morgan fingerprint density at radius 1 is 1.64 bits per heavy atom. The summed E-state index contributed by atoms with van der Waals surface area (Å²) >= 11 is 0. The minimum absolute atomic E-state index is 0.0960. The predicted octanol–water partition coefficient (Wildman–Crippen LogP) is 1.18. The minimum Gasteiger partial charge on any atom is -0.478 e. The van der Waals surface area contributed by atoms with Gasteiger partial charge in [-0.3, -0.25) is 0 Å². The van der Waals surface area contributed by atoms with Crippen LogP contribution in [0.3, 0.4) is 0 Å². The van der Waals surface area contributed by atoms with Crippen LogP contribution in [-0.4, -0.2) is 22.1 Å². The van der Waals surface area contributed by atoms with Crippen molar-refractivity contribution in [3.8, 4) is 0 Å². The second-order valence-corrected chi connectivity index (χ2v) is 3.27. The first-order chi connectivity index (χ1) is 6.50. The van der Waals surface area contributed by atoms with Crippen LogP contribution in [0.4, 0.5) is 11.5 Å².